The van der Waals surface area contributed by atoms with Crippen molar-refractivity contribution in [2.24, 2.45) is 0 Å². The van der Waals surface area contributed by atoms with Gasteiger partial charge >= 0.3 is 0 Å². The van der Waals surface area contributed by atoms with Crippen molar-refractivity contribution in [1.29, 1.82) is 0 Å². The molecule has 0 spiro atoms. The standard InChI is InChI=1S/C18H20ClN3O4/c1-11(2)21-10-20(9-12-4-5-15(26-3)13(19)8-12)22-7-6-14(23)17(24)16(22)18(21)25/h4-8,11,24H,9-10H2,1-3H3. The van der Waals surface area contributed by atoms with Gasteiger partial charge in [0.1, 0.15) is 12.4 Å². The Bertz CT molecular complexity index is 910. The summed E-state index contributed by atoms with van der Waals surface area (Å²) in [5.74, 6) is -0.338. The maximum Gasteiger partial charge on any atom is 0.278 e. The van der Waals surface area contributed by atoms with E-state index in [9.17, 15) is 14.7 Å². The lowest BCUT2D eigenvalue weighted by atomic mass is 10.2. The third kappa shape index (κ3) is 3.10. The number of benzene rings is 1. The molecule has 3 rings (SSSR count). The Hall–Kier alpha value is -2.67. The fourth-order valence-corrected chi connectivity index (χ4v) is 3.22. The van der Waals surface area contributed by atoms with Crippen LogP contribution in [0.15, 0.2) is 35.3 Å². The molecule has 0 atom stereocenters. The molecule has 8 heteroatoms. The van der Waals surface area contributed by atoms with Crippen LogP contribution in [-0.2, 0) is 6.54 Å². The largest absolute Gasteiger partial charge is 0.502 e. The molecule has 0 fully saturated rings. The van der Waals surface area contributed by atoms with Crippen LogP contribution in [0.2, 0.25) is 5.02 Å². The van der Waals surface area contributed by atoms with Crippen molar-refractivity contribution in [2.45, 2.75) is 26.4 Å². The molecule has 0 saturated heterocycles. The van der Waals surface area contributed by atoms with E-state index in [0.717, 1.165) is 5.56 Å². The van der Waals surface area contributed by atoms with E-state index in [1.165, 1.54) is 16.9 Å². The zero-order valence-corrected chi connectivity index (χ0v) is 15.5. The molecule has 0 radical (unpaired) electrons. The van der Waals surface area contributed by atoms with E-state index < -0.39 is 11.2 Å². The molecule has 1 N–H and O–H groups in total. The maximum atomic E-state index is 12.7. The van der Waals surface area contributed by atoms with Crippen LogP contribution in [0.5, 0.6) is 11.5 Å². The van der Waals surface area contributed by atoms with Crippen LogP contribution in [0.3, 0.4) is 0 Å². The second-order valence-corrected chi connectivity index (χ2v) is 6.77. The molecule has 1 aliphatic rings. The van der Waals surface area contributed by atoms with Crippen LogP contribution in [-0.4, -0.2) is 40.4 Å². The molecule has 1 aliphatic heterocycles. The SMILES string of the molecule is COc1ccc(CN2CN(C(C)C)C(=O)c3c(O)c(=O)ccn32)cc1Cl. The van der Waals surface area contributed by atoms with E-state index in [4.69, 9.17) is 16.3 Å². The molecular weight excluding hydrogens is 358 g/mol. The second kappa shape index (κ2) is 6.92. The number of nitrogens with zero attached hydrogens (tertiary/aromatic N) is 3. The highest BCUT2D eigenvalue weighted by molar-refractivity contribution is 6.32. The number of ether oxygens (including phenoxy) is 1. The lowest BCUT2D eigenvalue weighted by molar-refractivity contribution is 0.0628. The number of amides is 1. The molecule has 1 amide bonds. The number of fused-ring (bicyclic) bond motifs is 1. The normalized spacial score (nSPS) is 14.0. The summed E-state index contributed by atoms with van der Waals surface area (Å²) >= 11 is 6.20. The van der Waals surface area contributed by atoms with Crippen molar-refractivity contribution >= 4 is 17.5 Å². The van der Waals surface area contributed by atoms with Gasteiger partial charge in [0.25, 0.3) is 5.91 Å². The predicted molar refractivity (Wildman–Crippen MR) is 98.5 cm³/mol. The van der Waals surface area contributed by atoms with E-state index >= 15 is 0 Å². The quantitative estimate of drug-likeness (QED) is 0.883. The van der Waals surface area contributed by atoms with Crippen molar-refractivity contribution in [3.8, 4) is 11.5 Å². The summed E-state index contributed by atoms with van der Waals surface area (Å²) in [4.78, 5) is 26.1. The van der Waals surface area contributed by atoms with E-state index in [0.29, 0.717) is 24.0 Å². The lowest BCUT2D eigenvalue weighted by Gasteiger charge is -2.41. The number of hydrogen-bond donors (Lipinski definition) is 1. The van der Waals surface area contributed by atoms with E-state index in [-0.39, 0.29) is 17.6 Å². The first-order chi connectivity index (χ1) is 12.3. The number of aromatic hydroxyl groups is 1. The number of pyridine rings is 1. The molecule has 1 aromatic heterocycles. The van der Waals surface area contributed by atoms with Crippen LogP contribution in [0, 0.1) is 0 Å². The van der Waals surface area contributed by atoms with Crippen LogP contribution < -0.4 is 15.2 Å². The van der Waals surface area contributed by atoms with Crippen LogP contribution in [0.4, 0.5) is 0 Å². The molecule has 0 aliphatic carbocycles. The van der Waals surface area contributed by atoms with Gasteiger partial charge < -0.3 is 14.7 Å². The molecule has 0 saturated carbocycles. The number of carbonyl (C=O) groups excluding carboxylic acids is 1. The third-order valence-electron chi connectivity index (χ3n) is 4.34. The topological polar surface area (TPSA) is 75.0 Å². The van der Waals surface area contributed by atoms with Gasteiger partial charge in [0.05, 0.1) is 18.7 Å². The first-order valence-electron chi connectivity index (χ1n) is 8.16. The summed E-state index contributed by atoms with van der Waals surface area (Å²) in [6.07, 6.45) is 1.50. The zero-order chi connectivity index (χ0) is 19.0. The van der Waals surface area contributed by atoms with Crippen molar-refractivity contribution in [3.63, 3.8) is 0 Å². The first kappa shape index (κ1) is 18.1. The van der Waals surface area contributed by atoms with Gasteiger partial charge in [-0.15, -0.1) is 0 Å². The van der Waals surface area contributed by atoms with Gasteiger partial charge in [-0.1, -0.05) is 17.7 Å². The fraction of sp³-hybridized carbons (Fsp3) is 0.333. The summed E-state index contributed by atoms with van der Waals surface area (Å²) in [6.45, 7) is 4.51. The monoisotopic (exact) mass is 377 g/mol. The number of aromatic nitrogens is 1. The Morgan fingerprint density at radius 3 is 2.62 bits per heavy atom. The molecule has 0 unspecified atom stereocenters. The van der Waals surface area contributed by atoms with Crippen molar-refractivity contribution in [1.82, 2.24) is 9.58 Å². The van der Waals surface area contributed by atoms with Crippen molar-refractivity contribution in [3.05, 3.63) is 57.0 Å². The molecule has 2 heterocycles. The Balaban J connectivity index is 2.03. The summed E-state index contributed by atoms with van der Waals surface area (Å²) in [6, 6.07) is 6.59. The Morgan fingerprint density at radius 1 is 1.27 bits per heavy atom. The van der Waals surface area contributed by atoms with Crippen LogP contribution in [0.25, 0.3) is 0 Å². The molecule has 0 bridgehead atoms. The van der Waals surface area contributed by atoms with E-state index in [1.807, 2.05) is 24.9 Å². The minimum atomic E-state index is -0.581. The molecule has 2 aromatic rings. The minimum absolute atomic E-state index is 0.0305. The highest BCUT2D eigenvalue weighted by Gasteiger charge is 2.33. The number of methoxy groups -OCH3 is 1. The molecule has 26 heavy (non-hydrogen) atoms. The maximum absolute atomic E-state index is 12.7. The third-order valence-corrected chi connectivity index (χ3v) is 4.64. The highest BCUT2D eigenvalue weighted by atomic mass is 35.5. The van der Waals surface area contributed by atoms with Gasteiger partial charge in [-0.05, 0) is 31.5 Å². The number of carbonyl (C=O) groups is 1. The van der Waals surface area contributed by atoms with Gasteiger partial charge in [-0.3, -0.25) is 19.3 Å². The average Bonchev–Trinajstić information content (AvgIpc) is 2.59. The first-order valence-corrected chi connectivity index (χ1v) is 8.54. The number of hydrogen-bond acceptors (Lipinski definition) is 5. The van der Waals surface area contributed by atoms with Crippen LogP contribution in [0.1, 0.15) is 29.9 Å². The summed E-state index contributed by atoms with van der Waals surface area (Å²) in [5.41, 5.74) is 0.290. The average molecular weight is 378 g/mol. The smallest absolute Gasteiger partial charge is 0.278 e. The highest BCUT2D eigenvalue weighted by Crippen LogP contribution is 2.27. The van der Waals surface area contributed by atoms with Gasteiger partial charge in [0, 0.05) is 18.3 Å². The second-order valence-electron chi connectivity index (χ2n) is 6.37. The minimum Gasteiger partial charge on any atom is -0.502 e. The Kier molecular flexibility index (Phi) is 4.82. The number of halogens is 1. The molecule has 138 valence electrons. The Labute approximate surface area is 155 Å². The van der Waals surface area contributed by atoms with Gasteiger partial charge in [-0.25, -0.2) is 0 Å². The number of rotatable bonds is 4. The zero-order valence-electron chi connectivity index (χ0n) is 14.8. The summed E-state index contributed by atoms with van der Waals surface area (Å²) < 4.78 is 6.69. The van der Waals surface area contributed by atoms with Gasteiger partial charge in [-0.2, -0.15) is 0 Å². The van der Waals surface area contributed by atoms with E-state index in [1.54, 1.807) is 24.1 Å². The van der Waals surface area contributed by atoms with Crippen LogP contribution >= 0.6 is 11.6 Å². The van der Waals surface area contributed by atoms with Crippen molar-refractivity contribution < 1.29 is 14.6 Å². The molecular formula is C18H20ClN3O4. The van der Waals surface area contributed by atoms with Gasteiger partial charge in [0.2, 0.25) is 5.43 Å². The van der Waals surface area contributed by atoms with Crippen molar-refractivity contribution in [2.75, 3.05) is 18.8 Å². The van der Waals surface area contributed by atoms with Gasteiger partial charge in [0.15, 0.2) is 11.4 Å². The lowest BCUT2D eigenvalue weighted by Crippen LogP contribution is -2.55. The molecule has 7 nitrogen and oxygen atoms in total. The van der Waals surface area contributed by atoms with E-state index in [2.05, 4.69) is 0 Å². The summed E-state index contributed by atoms with van der Waals surface area (Å²) in [5, 5.41) is 12.5. The predicted octanol–water partition coefficient (Wildman–Crippen LogP) is 2.18. The summed E-state index contributed by atoms with van der Waals surface area (Å²) in [7, 11) is 1.55. The Morgan fingerprint density at radius 2 is 2.00 bits per heavy atom. The molecule has 1 aromatic carbocycles. The fourth-order valence-electron chi connectivity index (χ4n) is 2.94.